The predicted octanol–water partition coefficient (Wildman–Crippen LogP) is 0.408. The molecule has 0 aromatic carbocycles. The predicted molar refractivity (Wildman–Crippen MR) is 70.1 cm³/mol. The maximum absolute atomic E-state index is 12.3. The molecule has 5 nitrogen and oxygen atoms in total. The van der Waals surface area contributed by atoms with E-state index < -0.39 is 5.54 Å². The van der Waals surface area contributed by atoms with Crippen molar-refractivity contribution in [3.63, 3.8) is 0 Å². The van der Waals surface area contributed by atoms with E-state index in [2.05, 4.69) is 12.2 Å². The third-order valence-electron chi connectivity index (χ3n) is 3.67. The lowest BCUT2D eigenvalue weighted by Gasteiger charge is -2.36. The molecule has 0 aliphatic heterocycles. The molecule has 5 heteroatoms. The van der Waals surface area contributed by atoms with Crippen LogP contribution in [0.1, 0.15) is 39.0 Å². The zero-order chi connectivity index (χ0) is 13.6. The van der Waals surface area contributed by atoms with Gasteiger partial charge in [-0.3, -0.25) is 4.79 Å². The van der Waals surface area contributed by atoms with Crippen LogP contribution in [0.15, 0.2) is 0 Å². The number of hydrogen-bond donors (Lipinski definition) is 3. The van der Waals surface area contributed by atoms with Gasteiger partial charge in [-0.05, 0) is 25.2 Å². The SMILES string of the molecule is COCC(CCO)NC(=O)C1(N)CCCC(C)C1. The van der Waals surface area contributed by atoms with Crippen LogP contribution in [-0.4, -0.2) is 42.9 Å². The molecule has 0 saturated heterocycles. The Balaban J connectivity index is 2.56. The monoisotopic (exact) mass is 258 g/mol. The summed E-state index contributed by atoms with van der Waals surface area (Å²) >= 11 is 0. The van der Waals surface area contributed by atoms with Crippen LogP contribution in [0.5, 0.6) is 0 Å². The number of methoxy groups -OCH3 is 1. The number of hydrogen-bond acceptors (Lipinski definition) is 4. The van der Waals surface area contributed by atoms with Gasteiger partial charge in [-0.1, -0.05) is 19.8 Å². The third-order valence-corrected chi connectivity index (χ3v) is 3.67. The van der Waals surface area contributed by atoms with E-state index in [1.54, 1.807) is 7.11 Å². The molecule has 1 rings (SSSR count). The Morgan fingerprint density at radius 2 is 2.39 bits per heavy atom. The lowest BCUT2D eigenvalue weighted by atomic mass is 9.76. The first-order valence-corrected chi connectivity index (χ1v) is 6.71. The minimum atomic E-state index is -0.751. The summed E-state index contributed by atoms with van der Waals surface area (Å²) in [6, 6.07) is -0.162. The Morgan fingerprint density at radius 1 is 1.67 bits per heavy atom. The molecule has 1 saturated carbocycles. The summed E-state index contributed by atoms with van der Waals surface area (Å²) in [5.41, 5.74) is 5.47. The minimum Gasteiger partial charge on any atom is -0.396 e. The molecule has 1 amide bonds. The molecule has 0 radical (unpaired) electrons. The van der Waals surface area contributed by atoms with Gasteiger partial charge in [0.15, 0.2) is 0 Å². The van der Waals surface area contributed by atoms with Gasteiger partial charge in [-0.2, -0.15) is 0 Å². The average molecular weight is 258 g/mol. The van der Waals surface area contributed by atoms with Crippen molar-refractivity contribution in [3.8, 4) is 0 Å². The highest BCUT2D eigenvalue weighted by Crippen LogP contribution is 2.30. The van der Waals surface area contributed by atoms with Gasteiger partial charge >= 0.3 is 0 Å². The van der Waals surface area contributed by atoms with Crippen molar-refractivity contribution in [2.75, 3.05) is 20.3 Å². The van der Waals surface area contributed by atoms with Crippen molar-refractivity contribution in [3.05, 3.63) is 0 Å². The molecule has 1 aliphatic rings. The number of aliphatic hydroxyl groups is 1. The van der Waals surface area contributed by atoms with E-state index >= 15 is 0 Å². The van der Waals surface area contributed by atoms with Crippen molar-refractivity contribution in [2.45, 2.75) is 50.6 Å². The number of carbonyl (C=O) groups excluding carboxylic acids is 1. The number of rotatable bonds is 6. The summed E-state index contributed by atoms with van der Waals surface area (Å²) in [6.07, 6.45) is 4.11. The first-order valence-electron chi connectivity index (χ1n) is 6.71. The van der Waals surface area contributed by atoms with Gasteiger partial charge < -0.3 is 20.9 Å². The highest BCUT2D eigenvalue weighted by molar-refractivity contribution is 5.86. The molecule has 0 aromatic rings. The van der Waals surface area contributed by atoms with Crippen LogP contribution in [0.25, 0.3) is 0 Å². The Labute approximate surface area is 109 Å². The molecule has 1 fully saturated rings. The molecular formula is C13H26N2O3. The zero-order valence-electron chi connectivity index (χ0n) is 11.4. The summed E-state index contributed by atoms with van der Waals surface area (Å²) in [7, 11) is 1.58. The van der Waals surface area contributed by atoms with Gasteiger partial charge in [0, 0.05) is 13.7 Å². The Morgan fingerprint density at radius 3 is 2.94 bits per heavy atom. The number of nitrogens with one attached hydrogen (secondary N) is 1. The van der Waals surface area contributed by atoms with E-state index in [0.29, 0.717) is 18.9 Å². The number of carbonyl (C=O) groups is 1. The van der Waals surface area contributed by atoms with Crippen LogP contribution in [-0.2, 0) is 9.53 Å². The Kier molecular flexibility index (Phi) is 6.05. The number of ether oxygens (including phenoxy) is 1. The first kappa shape index (κ1) is 15.4. The molecule has 0 aromatic heterocycles. The second-order valence-corrected chi connectivity index (χ2v) is 5.50. The lowest BCUT2D eigenvalue weighted by molar-refractivity contribution is -0.129. The average Bonchev–Trinajstić information content (AvgIpc) is 2.29. The molecule has 1 aliphatic carbocycles. The van der Waals surface area contributed by atoms with E-state index in [9.17, 15) is 4.79 Å². The Bertz CT molecular complexity index is 267. The molecule has 0 heterocycles. The summed E-state index contributed by atoms with van der Waals surface area (Å²) in [5.74, 6) is 0.387. The zero-order valence-corrected chi connectivity index (χ0v) is 11.4. The van der Waals surface area contributed by atoms with E-state index in [4.69, 9.17) is 15.6 Å². The van der Waals surface area contributed by atoms with Crippen LogP contribution in [0, 0.1) is 5.92 Å². The Hall–Kier alpha value is -0.650. The van der Waals surface area contributed by atoms with E-state index in [-0.39, 0.29) is 18.6 Å². The molecule has 18 heavy (non-hydrogen) atoms. The second kappa shape index (κ2) is 7.07. The first-order chi connectivity index (χ1) is 8.51. The van der Waals surface area contributed by atoms with Gasteiger partial charge in [0.1, 0.15) is 0 Å². The number of aliphatic hydroxyl groups excluding tert-OH is 1. The van der Waals surface area contributed by atoms with Gasteiger partial charge in [0.05, 0.1) is 18.2 Å². The van der Waals surface area contributed by atoms with Gasteiger partial charge in [-0.15, -0.1) is 0 Å². The topological polar surface area (TPSA) is 84.6 Å². The summed E-state index contributed by atoms with van der Waals surface area (Å²) in [5, 5.41) is 11.9. The molecule has 3 unspecified atom stereocenters. The fourth-order valence-electron chi connectivity index (χ4n) is 2.68. The fourth-order valence-corrected chi connectivity index (χ4v) is 2.68. The van der Waals surface area contributed by atoms with Gasteiger partial charge in [0.2, 0.25) is 5.91 Å². The van der Waals surface area contributed by atoms with Crippen molar-refractivity contribution in [1.29, 1.82) is 0 Å². The van der Waals surface area contributed by atoms with Crippen LogP contribution < -0.4 is 11.1 Å². The quantitative estimate of drug-likeness (QED) is 0.644. The van der Waals surface area contributed by atoms with E-state index in [0.717, 1.165) is 25.7 Å². The van der Waals surface area contributed by atoms with Crippen molar-refractivity contribution < 1.29 is 14.6 Å². The minimum absolute atomic E-state index is 0.0300. The third kappa shape index (κ3) is 4.23. The summed E-state index contributed by atoms with van der Waals surface area (Å²) < 4.78 is 5.03. The van der Waals surface area contributed by atoms with Crippen LogP contribution >= 0.6 is 0 Å². The van der Waals surface area contributed by atoms with Crippen LogP contribution in [0.2, 0.25) is 0 Å². The highest BCUT2D eigenvalue weighted by atomic mass is 16.5. The van der Waals surface area contributed by atoms with Gasteiger partial charge in [-0.25, -0.2) is 0 Å². The second-order valence-electron chi connectivity index (χ2n) is 5.50. The van der Waals surface area contributed by atoms with Crippen molar-refractivity contribution in [1.82, 2.24) is 5.32 Å². The summed E-state index contributed by atoms with van der Waals surface area (Å²) in [4.78, 5) is 12.3. The molecule has 0 spiro atoms. The molecule has 0 bridgehead atoms. The smallest absolute Gasteiger partial charge is 0.240 e. The maximum atomic E-state index is 12.3. The normalized spacial score (nSPS) is 29.9. The summed E-state index contributed by atoms with van der Waals surface area (Å²) in [6.45, 7) is 2.56. The van der Waals surface area contributed by atoms with E-state index in [1.807, 2.05) is 0 Å². The van der Waals surface area contributed by atoms with Crippen LogP contribution in [0.3, 0.4) is 0 Å². The maximum Gasteiger partial charge on any atom is 0.240 e. The largest absolute Gasteiger partial charge is 0.396 e. The van der Waals surface area contributed by atoms with Crippen molar-refractivity contribution in [2.24, 2.45) is 11.7 Å². The molecule has 106 valence electrons. The number of nitrogens with two attached hydrogens (primary N) is 1. The van der Waals surface area contributed by atoms with E-state index in [1.165, 1.54) is 0 Å². The fraction of sp³-hybridized carbons (Fsp3) is 0.923. The van der Waals surface area contributed by atoms with Crippen LogP contribution in [0.4, 0.5) is 0 Å². The van der Waals surface area contributed by atoms with Crippen molar-refractivity contribution >= 4 is 5.91 Å². The molecule has 3 atom stereocenters. The molecular weight excluding hydrogens is 232 g/mol. The molecule has 4 N–H and O–H groups in total. The highest BCUT2D eigenvalue weighted by Gasteiger charge is 2.38. The van der Waals surface area contributed by atoms with Gasteiger partial charge in [0.25, 0.3) is 0 Å². The standard InChI is InChI=1S/C13H26N2O3/c1-10-4-3-6-13(14,8-10)12(17)15-11(5-7-16)9-18-2/h10-11,16H,3-9,14H2,1-2H3,(H,15,17). The number of amides is 1. The lowest BCUT2D eigenvalue weighted by Crippen LogP contribution is -2.58.